The number of hydrogen-bond donors (Lipinski definition) is 2. The van der Waals surface area contributed by atoms with Crippen molar-refractivity contribution in [2.75, 3.05) is 0 Å². The highest BCUT2D eigenvalue weighted by Gasteiger charge is 2.08. The van der Waals surface area contributed by atoms with E-state index in [0.29, 0.717) is 23.1 Å². The number of hydrogen-bond acceptors (Lipinski definition) is 3. The lowest BCUT2D eigenvalue weighted by atomic mass is 10.0. The fraction of sp³-hybridized carbons (Fsp3) is 0.211. The number of aromatic amines is 1. The highest BCUT2D eigenvalue weighted by molar-refractivity contribution is 5.79. The van der Waals surface area contributed by atoms with Crippen LogP contribution in [0.2, 0.25) is 0 Å². The Morgan fingerprint density at radius 1 is 1.17 bits per heavy atom. The van der Waals surface area contributed by atoms with E-state index in [1.54, 1.807) is 18.2 Å². The SMILES string of the molecule is Cc1ccc(C)c(CC(=O)NCc2nc3ccccc3c(=O)[nH]2)c1. The van der Waals surface area contributed by atoms with Gasteiger partial charge in [-0.1, -0.05) is 35.9 Å². The maximum Gasteiger partial charge on any atom is 0.258 e. The molecule has 0 spiro atoms. The summed E-state index contributed by atoms with van der Waals surface area (Å²) in [6, 6.07) is 13.2. The Hall–Kier alpha value is -2.95. The normalized spacial score (nSPS) is 10.8. The standard InChI is InChI=1S/C19H19N3O2/c1-12-7-8-13(2)14(9-12)10-18(23)20-11-17-21-16-6-4-3-5-15(16)19(24)22-17/h3-9H,10-11H2,1-2H3,(H,20,23)(H,21,22,24). The first-order valence-corrected chi connectivity index (χ1v) is 7.84. The third-order valence-electron chi connectivity index (χ3n) is 3.97. The lowest BCUT2D eigenvalue weighted by Crippen LogP contribution is -2.27. The first-order valence-electron chi connectivity index (χ1n) is 7.84. The third-order valence-corrected chi connectivity index (χ3v) is 3.97. The average Bonchev–Trinajstić information content (AvgIpc) is 2.56. The number of aryl methyl sites for hydroxylation is 2. The molecule has 1 aromatic heterocycles. The number of carbonyl (C=O) groups excluding carboxylic acids is 1. The van der Waals surface area contributed by atoms with E-state index in [2.05, 4.69) is 15.3 Å². The van der Waals surface area contributed by atoms with Gasteiger partial charge in [0, 0.05) is 0 Å². The van der Waals surface area contributed by atoms with Crippen LogP contribution >= 0.6 is 0 Å². The topological polar surface area (TPSA) is 74.8 Å². The van der Waals surface area contributed by atoms with Gasteiger partial charge in [-0.15, -0.1) is 0 Å². The summed E-state index contributed by atoms with van der Waals surface area (Å²) in [7, 11) is 0. The molecule has 5 heteroatoms. The Bertz CT molecular complexity index is 960. The van der Waals surface area contributed by atoms with Gasteiger partial charge in [0.15, 0.2) is 0 Å². The second-order valence-electron chi connectivity index (χ2n) is 5.91. The molecule has 24 heavy (non-hydrogen) atoms. The van der Waals surface area contributed by atoms with Gasteiger partial charge in [-0.2, -0.15) is 0 Å². The van der Waals surface area contributed by atoms with Gasteiger partial charge in [0.25, 0.3) is 5.56 Å². The molecule has 0 aliphatic rings. The quantitative estimate of drug-likeness (QED) is 0.775. The van der Waals surface area contributed by atoms with Gasteiger partial charge in [-0.25, -0.2) is 4.98 Å². The Kier molecular flexibility index (Phi) is 4.42. The fourth-order valence-electron chi connectivity index (χ4n) is 2.63. The van der Waals surface area contributed by atoms with Gasteiger partial charge in [-0.3, -0.25) is 9.59 Å². The Morgan fingerprint density at radius 3 is 2.79 bits per heavy atom. The van der Waals surface area contributed by atoms with Gasteiger partial charge in [0.05, 0.1) is 23.9 Å². The molecule has 0 aliphatic heterocycles. The van der Waals surface area contributed by atoms with Gasteiger partial charge in [0.1, 0.15) is 5.82 Å². The molecular formula is C19H19N3O2. The van der Waals surface area contributed by atoms with Crippen molar-refractivity contribution >= 4 is 16.8 Å². The second-order valence-corrected chi connectivity index (χ2v) is 5.91. The van der Waals surface area contributed by atoms with Crippen LogP contribution in [0, 0.1) is 13.8 Å². The Morgan fingerprint density at radius 2 is 1.96 bits per heavy atom. The molecule has 0 radical (unpaired) electrons. The fourth-order valence-corrected chi connectivity index (χ4v) is 2.63. The number of nitrogens with one attached hydrogen (secondary N) is 2. The summed E-state index contributed by atoms with van der Waals surface area (Å²) in [6.07, 6.45) is 0.311. The maximum absolute atomic E-state index is 12.2. The minimum Gasteiger partial charge on any atom is -0.349 e. The summed E-state index contributed by atoms with van der Waals surface area (Å²) in [5, 5.41) is 3.36. The Balaban J connectivity index is 1.70. The van der Waals surface area contributed by atoms with Gasteiger partial charge in [0.2, 0.25) is 5.91 Å². The van der Waals surface area contributed by atoms with Gasteiger partial charge in [-0.05, 0) is 37.1 Å². The molecule has 5 nitrogen and oxygen atoms in total. The van der Waals surface area contributed by atoms with Crippen molar-refractivity contribution in [3.63, 3.8) is 0 Å². The molecule has 2 aromatic carbocycles. The van der Waals surface area contributed by atoms with Gasteiger partial charge < -0.3 is 10.3 Å². The van der Waals surface area contributed by atoms with Crippen molar-refractivity contribution in [2.24, 2.45) is 0 Å². The lowest BCUT2D eigenvalue weighted by Gasteiger charge is -2.08. The number of rotatable bonds is 4. The first kappa shape index (κ1) is 15.9. The number of aromatic nitrogens is 2. The number of fused-ring (bicyclic) bond motifs is 1. The number of carbonyl (C=O) groups is 1. The van der Waals surface area contributed by atoms with Crippen LogP contribution in [-0.4, -0.2) is 15.9 Å². The van der Waals surface area contributed by atoms with E-state index >= 15 is 0 Å². The molecule has 0 bridgehead atoms. The molecule has 3 aromatic rings. The zero-order chi connectivity index (χ0) is 17.1. The van der Waals surface area contributed by atoms with Crippen molar-refractivity contribution < 1.29 is 4.79 Å². The summed E-state index contributed by atoms with van der Waals surface area (Å²) >= 11 is 0. The Labute approximate surface area is 139 Å². The van der Waals surface area contributed by atoms with E-state index < -0.39 is 0 Å². The lowest BCUT2D eigenvalue weighted by molar-refractivity contribution is -0.120. The van der Waals surface area contributed by atoms with E-state index in [-0.39, 0.29) is 18.0 Å². The van der Waals surface area contributed by atoms with Crippen LogP contribution in [-0.2, 0) is 17.8 Å². The minimum absolute atomic E-state index is 0.0977. The molecular weight excluding hydrogens is 302 g/mol. The average molecular weight is 321 g/mol. The first-order chi connectivity index (χ1) is 11.5. The van der Waals surface area contributed by atoms with E-state index in [4.69, 9.17) is 0 Å². The largest absolute Gasteiger partial charge is 0.349 e. The molecule has 3 rings (SSSR count). The van der Waals surface area contributed by atoms with Crippen LogP contribution in [0.5, 0.6) is 0 Å². The van der Waals surface area contributed by atoms with E-state index in [1.807, 2.05) is 38.1 Å². The monoisotopic (exact) mass is 321 g/mol. The zero-order valence-electron chi connectivity index (χ0n) is 13.7. The van der Waals surface area contributed by atoms with Crippen molar-refractivity contribution in [1.82, 2.24) is 15.3 Å². The maximum atomic E-state index is 12.2. The highest BCUT2D eigenvalue weighted by Crippen LogP contribution is 2.11. The van der Waals surface area contributed by atoms with Crippen LogP contribution < -0.4 is 10.9 Å². The number of nitrogens with zero attached hydrogens (tertiary/aromatic N) is 1. The van der Waals surface area contributed by atoms with Crippen LogP contribution in [0.4, 0.5) is 0 Å². The van der Waals surface area contributed by atoms with Crippen molar-refractivity contribution in [3.8, 4) is 0 Å². The smallest absolute Gasteiger partial charge is 0.258 e. The molecule has 1 amide bonds. The van der Waals surface area contributed by atoms with Gasteiger partial charge >= 0.3 is 0 Å². The summed E-state index contributed by atoms with van der Waals surface area (Å²) in [6.45, 7) is 4.19. The number of H-pyrrole nitrogens is 1. The molecule has 0 unspecified atom stereocenters. The molecule has 0 fully saturated rings. The molecule has 1 heterocycles. The molecule has 122 valence electrons. The van der Waals surface area contributed by atoms with Crippen molar-refractivity contribution in [1.29, 1.82) is 0 Å². The summed E-state index contributed by atoms with van der Waals surface area (Å²) in [5.41, 5.74) is 3.66. The molecule has 0 saturated carbocycles. The van der Waals surface area contributed by atoms with Crippen molar-refractivity contribution in [2.45, 2.75) is 26.8 Å². The summed E-state index contributed by atoms with van der Waals surface area (Å²) < 4.78 is 0. The minimum atomic E-state index is -0.195. The molecule has 0 atom stereocenters. The molecule has 0 aliphatic carbocycles. The summed E-state index contributed by atoms with van der Waals surface area (Å²) in [5.74, 6) is 0.354. The summed E-state index contributed by atoms with van der Waals surface area (Å²) in [4.78, 5) is 31.3. The van der Waals surface area contributed by atoms with Crippen LogP contribution in [0.1, 0.15) is 22.5 Å². The second kappa shape index (κ2) is 6.66. The highest BCUT2D eigenvalue weighted by atomic mass is 16.1. The number of amides is 1. The van der Waals surface area contributed by atoms with Crippen molar-refractivity contribution in [3.05, 3.63) is 75.3 Å². The van der Waals surface area contributed by atoms with Crippen LogP contribution in [0.15, 0.2) is 47.3 Å². The zero-order valence-corrected chi connectivity index (χ0v) is 13.7. The molecule has 0 saturated heterocycles. The van der Waals surface area contributed by atoms with E-state index in [9.17, 15) is 9.59 Å². The molecule has 2 N–H and O–H groups in total. The van der Waals surface area contributed by atoms with E-state index in [0.717, 1.165) is 16.7 Å². The number of benzene rings is 2. The number of para-hydroxylation sites is 1. The predicted molar refractivity (Wildman–Crippen MR) is 93.8 cm³/mol. The van der Waals surface area contributed by atoms with Crippen LogP contribution in [0.25, 0.3) is 10.9 Å². The predicted octanol–water partition coefficient (Wildman–Crippen LogP) is 2.40. The van der Waals surface area contributed by atoms with E-state index in [1.165, 1.54) is 0 Å². The third kappa shape index (κ3) is 3.51. The van der Waals surface area contributed by atoms with Crippen LogP contribution in [0.3, 0.4) is 0 Å².